The van der Waals surface area contributed by atoms with Crippen LogP contribution in [0.1, 0.15) is 18.2 Å². The second-order valence-corrected chi connectivity index (χ2v) is 5.84. The predicted molar refractivity (Wildman–Crippen MR) is 100 cm³/mol. The highest BCUT2D eigenvalue weighted by molar-refractivity contribution is 5.88. The average molecular weight is 332 g/mol. The molecular formula is C20H20N4O. The van der Waals surface area contributed by atoms with E-state index < -0.39 is 0 Å². The third-order valence-electron chi connectivity index (χ3n) is 3.84. The molecule has 0 saturated carbocycles. The van der Waals surface area contributed by atoms with Crippen LogP contribution in [-0.2, 0) is 17.6 Å². The Morgan fingerprint density at radius 1 is 1.04 bits per heavy atom. The average Bonchev–Trinajstić information content (AvgIpc) is 2.62. The van der Waals surface area contributed by atoms with Gasteiger partial charge in [-0.3, -0.25) is 4.79 Å². The molecule has 0 radical (unpaired) electrons. The van der Waals surface area contributed by atoms with E-state index in [4.69, 9.17) is 10.7 Å². The molecular weight excluding hydrogens is 312 g/mol. The van der Waals surface area contributed by atoms with Crippen LogP contribution in [-0.4, -0.2) is 15.9 Å². The van der Waals surface area contributed by atoms with Gasteiger partial charge in [0.05, 0.1) is 17.6 Å². The van der Waals surface area contributed by atoms with Gasteiger partial charge in [0, 0.05) is 18.2 Å². The first kappa shape index (κ1) is 16.6. The van der Waals surface area contributed by atoms with Gasteiger partial charge in [0.1, 0.15) is 0 Å². The standard InChI is InChI=1S/C20H20N4O/c1-14(25)23-20-18(12-7-15-5-3-2-4-6-15)24-19(13-22-20)16-8-10-17(21)11-9-16/h2-6,8-11,13H,7,12,21H2,1H3,(H,22,23,25). The van der Waals surface area contributed by atoms with Crippen molar-refractivity contribution in [2.75, 3.05) is 11.1 Å². The van der Waals surface area contributed by atoms with Gasteiger partial charge in [-0.15, -0.1) is 0 Å². The molecule has 1 heterocycles. The quantitative estimate of drug-likeness (QED) is 0.701. The Balaban J connectivity index is 1.89. The highest BCUT2D eigenvalue weighted by atomic mass is 16.1. The normalized spacial score (nSPS) is 10.4. The van der Waals surface area contributed by atoms with E-state index >= 15 is 0 Å². The van der Waals surface area contributed by atoms with E-state index in [9.17, 15) is 4.79 Å². The molecule has 3 aromatic rings. The molecule has 5 nitrogen and oxygen atoms in total. The number of rotatable bonds is 5. The van der Waals surface area contributed by atoms with Gasteiger partial charge in [-0.2, -0.15) is 0 Å². The van der Waals surface area contributed by atoms with Crippen LogP contribution in [0.3, 0.4) is 0 Å². The molecule has 0 aliphatic rings. The number of nitrogen functional groups attached to an aromatic ring is 1. The van der Waals surface area contributed by atoms with Gasteiger partial charge >= 0.3 is 0 Å². The van der Waals surface area contributed by atoms with Crippen LogP contribution in [0.4, 0.5) is 11.5 Å². The number of anilines is 2. The summed E-state index contributed by atoms with van der Waals surface area (Å²) >= 11 is 0. The molecule has 0 saturated heterocycles. The van der Waals surface area contributed by atoms with Crippen molar-refractivity contribution in [2.24, 2.45) is 0 Å². The fraction of sp³-hybridized carbons (Fsp3) is 0.150. The summed E-state index contributed by atoms with van der Waals surface area (Å²) in [4.78, 5) is 20.6. The Bertz CT molecular complexity index is 861. The summed E-state index contributed by atoms with van der Waals surface area (Å²) in [5.74, 6) is 0.359. The molecule has 3 N–H and O–H groups in total. The van der Waals surface area contributed by atoms with Crippen molar-refractivity contribution in [3.63, 3.8) is 0 Å². The Labute approximate surface area is 146 Å². The summed E-state index contributed by atoms with van der Waals surface area (Å²) in [7, 11) is 0. The van der Waals surface area contributed by atoms with Crippen LogP contribution < -0.4 is 11.1 Å². The number of carbonyl (C=O) groups excluding carboxylic acids is 1. The van der Waals surface area contributed by atoms with Crippen molar-refractivity contribution in [3.05, 3.63) is 72.1 Å². The van der Waals surface area contributed by atoms with E-state index in [1.54, 1.807) is 6.20 Å². The van der Waals surface area contributed by atoms with Crippen LogP contribution in [0.25, 0.3) is 11.3 Å². The molecule has 0 aliphatic carbocycles. The largest absolute Gasteiger partial charge is 0.399 e. The number of aryl methyl sites for hydroxylation is 2. The van der Waals surface area contributed by atoms with Crippen LogP contribution in [0.15, 0.2) is 60.8 Å². The number of nitrogens with zero attached hydrogens (tertiary/aromatic N) is 2. The fourth-order valence-electron chi connectivity index (χ4n) is 2.57. The zero-order chi connectivity index (χ0) is 17.6. The molecule has 2 aromatic carbocycles. The van der Waals surface area contributed by atoms with Crippen LogP contribution in [0, 0.1) is 0 Å². The molecule has 1 aromatic heterocycles. The molecule has 0 spiro atoms. The molecule has 126 valence electrons. The van der Waals surface area contributed by atoms with Gasteiger partial charge in [-0.1, -0.05) is 42.5 Å². The Hall–Kier alpha value is -3.21. The Morgan fingerprint density at radius 3 is 2.44 bits per heavy atom. The minimum absolute atomic E-state index is 0.157. The van der Waals surface area contributed by atoms with E-state index in [1.807, 2.05) is 42.5 Å². The number of hydrogen-bond donors (Lipinski definition) is 2. The van der Waals surface area contributed by atoms with Gasteiger partial charge in [-0.05, 0) is 30.5 Å². The van der Waals surface area contributed by atoms with Gasteiger partial charge in [0.25, 0.3) is 0 Å². The molecule has 25 heavy (non-hydrogen) atoms. The lowest BCUT2D eigenvalue weighted by molar-refractivity contribution is -0.114. The van der Waals surface area contributed by atoms with E-state index in [0.29, 0.717) is 17.9 Å². The van der Waals surface area contributed by atoms with Gasteiger partial charge in [0.2, 0.25) is 5.91 Å². The SMILES string of the molecule is CC(=O)Nc1ncc(-c2ccc(N)cc2)nc1CCc1ccccc1. The minimum atomic E-state index is -0.157. The molecule has 0 fully saturated rings. The number of hydrogen-bond acceptors (Lipinski definition) is 4. The van der Waals surface area contributed by atoms with Gasteiger partial charge in [0.15, 0.2) is 5.82 Å². The maximum Gasteiger partial charge on any atom is 0.222 e. The number of aromatic nitrogens is 2. The molecule has 3 rings (SSSR count). The molecule has 0 bridgehead atoms. The molecule has 0 atom stereocenters. The maximum absolute atomic E-state index is 11.4. The summed E-state index contributed by atoms with van der Waals surface area (Å²) in [6.07, 6.45) is 3.19. The minimum Gasteiger partial charge on any atom is -0.399 e. The zero-order valence-electron chi connectivity index (χ0n) is 14.1. The topological polar surface area (TPSA) is 80.9 Å². The first-order valence-corrected chi connectivity index (χ1v) is 8.15. The Morgan fingerprint density at radius 2 is 1.76 bits per heavy atom. The number of nitrogens with one attached hydrogen (secondary N) is 1. The van der Waals surface area contributed by atoms with Crippen LogP contribution in [0.2, 0.25) is 0 Å². The van der Waals surface area contributed by atoms with E-state index in [0.717, 1.165) is 23.4 Å². The zero-order valence-corrected chi connectivity index (χ0v) is 14.1. The molecule has 0 aliphatic heterocycles. The van der Waals surface area contributed by atoms with Crippen molar-refractivity contribution in [3.8, 4) is 11.3 Å². The van der Waals surface area contributed by atoms with Gasteiger partial charge < -0.3 is 11.1 Å². The first-order valence-electron chi connectivity index (χ1n) is 8.15. The summed E-state index contributed by atoms with van der Waals surface area (Å²) in [6.45, 7) is 1.47. The van der Waals surface area contributed by atoms with Crippen molar-refractivity contribution in [1.29, 1.82) is 0 Å². The highest BCUT2D eigenvalue weighted by Gasteiger charge is 2.11. The summed E-state index contributed by atoms with van der Waals surface area (Å²) in [6, 6.07) is 17.7. The second-order valence-electron chi connectivity index (χ2n) is 5.84. The lowest BCUT2D eigenvalue weighted by Crippen LogP contribution is -2.12. The lowest BCUT2D eigenvalue weighted by Gasteiger charge is -2.11. The van der Waals surface area contributed by atoms with E-state index in [2.05, 4.69) is 22.4 Å². The predicted octanol–water partition coefficient (Wildman–Crippen LogP) is 3.47. The summed E-state index contributed by atoms with van der Waals surface area (Å²) in [5.41, 5.74) is 10.1. The number of benzene rings is 2. The Kier molecular flexibility index (Phi) is 5.04. The molecule has 1 amide bonds. The molecule has 5 heteroatoms. The summed E-state index contributed by atoms with van der Waals surface area (Å²) in [5, 5.41) is 2.76. The number of carbonyl (C=O) groups is 1. The highest BCUT2D eigenvalue weighted by Crippen LogP contribution is 2.22. The van der Waals surface area contributed by atoms with Crippen LogP contribution >= 0.6 is 0 Å². The van der Waals surface area contributed by atoms with Crippen molar-refractivity contribution in [1.82, 2.24) is 9.97 Å². The van der Waals surface area contributed by atoms with Gasteiger partial charge in [-0.25, -0.2) is 9.97 Å². The first-order chi connectivity index (χ1) is 12.1. The smallest absolute Gasteiger partial charge is 0.222 e. The molecule has 0 unspecified atom stereocenters. The monoisotopic (exact) mass is 332 g/mol. The van der Waals surface area contributed by atoms with E-state index in [-0.39, 0.29) is 5.91 Å². The third-order valence-corrected chi connectivity index (χ3v) is 3.84. The van der Waals surface area contributed by atoms with Crippen molar-refractivity contribution < 1.29 is 4.79 Å². The van der Waals surface area contributed by atoms with Crippen molar-refractivity contribution in [2.45, 2.75) is 19.8 Å². The van der Waals surface area contributed by atoms with Crippen LogP contribution in [0.5, 0.6) is 0 Å². The number of amides is 1. The van der Waals surface area contributed by atoms with Crippen molar-refractivity contribution >= 4 is 17.4 Å². The maximum atomic E-state index is 11.4. The fourth-order valence-corrected chi connectivity index (χ4v) is 2.57. The lowest BCUT2D eigenvalue weighted by atomic mass is 10.1. The van der Waals surface area contributed by atoms with E-state index in [1.165, 1.54) is 12.5 Å². The summed E-state index contributed by atoms with van der Waals surface area (Å²) < 4.78 is 0. The number of nitrogens with two attached hydrogens (primary N) is 1. The third kappa shape index (κ3) is 4.41. The second kappa shape index (κ2) is 7.57.